The van der Waals surface area contributed by atoms with Crippen molar-refractivity contribution in [1.29, 1.82) is 0 Å². The third-order valence-corrected chi connectivity index (χ3v) is 6.52. The summed E-state index contributed by atoms with van der Waals surface area (Å²) >= 11 is 1.75. The monoisotopic (exact) mass is 366 g/mol. The molecule has 4 heterocycles. The molecule has 134 valence electrons. The van der Waals surface area contributed by atoms with Crippen LogP contribution >= 0.6 is 11.3 Å². The third kappa shape index (κ3) is 2.90. The summed E-state index contributed by atoms with van der Waals surface area (Å²) in [6, 6.07) is 4.26. The van der Waals surface area contributed by atoms with Gasteiger partial charge >= 0.3 is 0 Å². The Morgan fingerprint density at radius 3 is 2.58 bits per heavy atom. The fourth-order valence-corrected chi connectivity index (χ4v) is 4.66. The largest absolute Gasteiger partial charge is 0.353 e. The molecule has 0 unspecified atom stereocenters. The van der Waals surface area contributed by atoms with E-state index in [0.29, 0.717) is 5.92 Å². The van der Waals surface area contributed by atoms with Gasteiger partial charge in [0.2, 0.25) is 0 Å². The third-order valence-electron chi connectivity index (χ3n) is 5.42. The number of aromatic nitrogens is 4. The van der Waals surface area contributed by atoms with Gasteiger partial charge in [0.1, 0.15) is 17.2 Å². The molecular formula is C19H22N6S. The smallest absolute Gasteiger partial charge is 0.186 e. The molecule has 0 bridgehead atoms. The molecule has 0 amide bonds. The van der Waals surface area contributed by atoms with Gasteiger partial charge in [-0.1, -0.05) is 17.8 Å². The van der Waals surface area contributed by atoms with E-state index in [4.69, 9.17) is 9.97 Å². The zero-order chi connectivity index (χ0) is 17.5. The summed E-state index contributed by atoms with van der Waals surface area (Å²) in [5.74, 6) is 2.63. The highest BCUT2D eigenvalue weighted by molar-refractivity contribution is 7.22. The van der Waals surface area contributed by atoms with E-state index >= 15 is 0 Å². The molecule has 0 spiro atoms. The van der Waals surface area contributed by atoms with Gasteiger partial charge < -0.3 is 9.80 Å². The van der Waals surface area contributed by atoms with Crippen molar-refractivity contribution < 1.29 is 0 Å². The lowest BCUT2D eigenvalue weighted by molar-refractivity contribution is 0.410. The summed E-state index contributed by atoms with van der Waals surface area (Å²) in [5, 5.41) is 1.10. The fourth-order valence-electron chi connectivity index (χ4n) is 3.68. The SMILES string of the molecule is Cc1nc(C2CCC2)cc(N2CCN(c3nc4cnccc4s3)CC2)n1. The van der Waals surface area contributed by atoms with E-state index in [-0.39, 0.29) is 0 Å². The van der Waals surface area contributed by atoms with Gasteiger partial charge in [0.05, 0.1) is 10.9 Å². The Balaban J connectivity index is 1.31. The molecule has 2 fully saturated rings. The van der Waals surface area contributed by atoms with Crippen LogP contribution in [0.2, 0.25) is 0 Å². The molecule has 0 N–H and O–H groups in total. The van der Waals surface area contributed by atoms with E-state index in [0.717, 1.165) is 48.5 Å². The molecule has 1 saturated carbocycles. The van der Waals surface area contributed by atoms with Gasteiger partial charge in [-0.05, 0) is 25.8 Å². The highest BCUT2D eigenvalue weighted by Gasteiger charge is 2.25. The second kappa shape index (κ2) is 6.46. The summed E-state index contributed by atoms with van der Waals surface area (Å²) in [5.41, 5.74) is 2.23. The van der Waals surface area contributed by atoms with Crippen molar-refractivity contribution in [3.63, 3.8) is 0 Å². The van der Waals surface area contributed by atoms with Gasteiger partial charge in [-0.3, -0.25) is 4.98 Å². The average molecular weight is 366 g/mol. The molecule has 3 aromatic heterocycles. The quantitative estimate of drug-likeness (QED) is 0.708. The van der Waals surface area contributed by atoms with Crippen LogP contribution in [-0.2, 0) is 0 Å². The maximum Gasteiger partial charge on any atom is 0.186 e. The zero-order valence-corrected chi connectivity index (χ0v) is 15.7. The van der Waals surface area contributed by atoms with Crippen LogP contribution in [0.15, 0.2) is 24.5 Å². The van der Waals surface area contributed by atoms with Gasteiger partial charge in [0.25, 0.3) is 0 Å². The lowest BCUT2D eigenvalue weighted by Gasteiger charge is -2.35. The van der Waals surface area contributed by atoms with E-state index in [9.17, 15) is 0 Å². The van der Waals surface area contributed by atoms with Crippen LogP contribution in [0.5, 0.6) is 0 Å². The van der Waals surface area contributed by atoms with Crippen molar-refractivity contribution in [1.82, 2.24) is 19.9 Å². The lowest BCUT2D eigenvalue weighted by atomic mass is 9.83. The Morgan fingerprint density at radius 1 is 1.04 bits per heavy atom. The number of hydrogen-bond donors (Lipinski definition) is 0. The van der Waals surface area contributed by atoms with Crippen molar-refractivity contribution >= 4 is 32.5 Å². The van der Waals surface area contributed by atoms with Crippen LogP contribution in [0.4, 0.5) is 10.9 Å². The Morgan fingerprint density at radius 2 is 1.85 bits per heavy atom. The van der Waals surface area contributed by atoms with E-state index in [1.54, 1.807) is 11.3 Å². The second-order valence-electron chi connectivity index (χ2n) is 7.14. The van der Waals surface area contributed by atoms with Crippen molar-refractivity contribution in [3.8, 4) is 0 Å². The lowest BCUT2D eigenvalue weighted by Crippen LogP contribution is -2.47. The number of anilines is 2. The first-order valence-corrected chi connectivity index (χ1v) is 10.1. The first-order chi connectivity index (χ1) is 12.8. The summed E-state index contributed by atoms with van der Waals surface area (Å²) < 4.78 is 1.20. The van der Waals surface area contributed by atoms with Gasteiger partial charge in [-0.25, -0.2) is 15.0 Å². The number of rotatable bonds is 3. The molecule has 1 aliphatic heterocycles. The van der Waals surface area contributed by atoms with Gasteiger partial charge in [-0.15, -0.1) is 0 Å². The molecule has 26 heavy (non-hydrogen) atoms. The Hall–Kier alpha value is -2.28. The minimum Gasteiger partial charge on any atom is -0.353 e. The van der Waals surface area contributed by atoms with Crippen molar-refractivity contribution in [2.45, 2.75) is 32.1 Å². The Bertz CT molecular complexity index is 894. The summed E-state index contributed by atoms with van der Waals surface area (Å²) in [7, 11) is 0. The number of aryl methyl sites for hydroxylation is 1. The highest BCUT2D eigenvalue weighted by atomic mass is 32.1. The normalized spacial score (nSPS) is 18.3. The molecular weight excluding hydrogens is 344 g/mol. The van der Waals surface area contributed by atoms with Gasteiger partial charge in [0.15, 0.2) is 5.13 Å². The van der Waals surface area contributed by atoms with E-state index < -0.39 is 0 Å². The fraction of sp³-hybridized carbons (Fsp3) is 0.474. The van der Waals surface area contributed by atoms with Crippen LogP contribution in [-0.4, -0.2) is 46.1 Å². The van der Waals surface area contributed by atoms with Gasteiger partial charge in [-0.2, -0.15) is 0 Å². The maximum absolute atomic E-state index is 4.74. The maximum atomic E-state index is 4.74. The van der Waals surface area contributed by atoms with Gasteiger partial charge in [0, 0.05) is 50.1 Å². The van der Waals surface area contributed by atoms with Crippen molar-refractivity contribution in [3.05, 3.63) is 36.0 Å². The number of fused-ring (bicyclic) bond motifs is 1. The molecule has 6 nitrogen and oxygen atoms in total. The zero-order valence-electron chi connectivity index (χ0n) is 14.9. The standard InChI is InChI=1S/C19H22N6S/c1-13-21-15(14-3-2-4-14)11-18(22-13)24-7-9-25(10-8-24)19-23-16-12-20-6-5-17(16)26-19/h5-6,11-12,14H,2-4,7-10H2,1H3. The van der Waals surface area contributed by atoms with Crippen LogP contribution in [0, 0.1) is 6.92 Å². The number of thiazole rings is 1. The molecule has 1 aliphatic carbocycles. The summed E-state index contributed by atoms with van der Waals surface area (Å²) in [6.07, 6.45) is 7.56. The first-order valence-electron chi connectivity index (χ1n) is 9.32. The molecule has 1 saturated heterocycles. The minimum atomic E-state index is 0.646. The molecule has 0 aromatic carbocycles. The topological polar surface area (TPSA) is 58.0 Å². The summed E-state index contributed by atoms with van der Waals surface area (Å²) in [6.45, 7) is 5.88. The van der Waals surface area contributed by atoms with Crippen LogP contribution < -0.4 is 9.80 Å². The predicted octanol–water partition coefficient (Wildman–Crippen LogP) is 3.38. The average Bonchev–Trinajstić information content (AvgIpc) is 3.04. The van der Waals surface area contributed by atoms with Crippen molar-refractivity contribution in [2.75, 3.05) is 36.0 Å². The molecule has 0 atom stereocenters. The predicted molar refractivity (Wildman–Crippen MR) is 105 cm³/mol. The molecule has 5 rings (SSSR count). The minimum absolute atomic E-state index is 0.646. The molecule has 7 heteroatoms. The van der Waals surface area contributed by atoms with E-state index in [1.807, 2.05) is 25.4 Å². The van der Waals surface area contributed by atoms with E-state index in [1.165, 1.54) is 29.7 Å². The van der Waals surface area contributed by atoms with Crippen molar-refractivity contribution in [2.24, 2.45) is 0 Å². The number of nitrogens with zero attached hydrogens (tertiary/aromatic N) is 6. The summed E-state index contributed by atoms with van der Waals surface area (Å²) in [4.78, 5) is 23.1. The molecule has 2 aliphatic rings. The van der Waals surface area contributed by atoms with Crippen LogP contribution in [0.1, 0.15) is 36.7 Å². The number of piperazine rings is 1. The number of hydrogen-bond acceptors (Lipinski definition) is 7. The highest BCUT2D eigenvalue weighted by Crippen LogP contribution is 2.36. The molecule has 0 radical (unpaired) electrons. The Labute approximate surface area is 156 Å². The first kappa shape index (κ1) is 15.9. The van der Waals surface area contributed by atoms with Crippen LogP contribution in [0.25, 0.3) is 10.2 Å². The van der Waals surface area contributed by atoms with Crippen LogP contribution in [0.3, 0.4) is 0 Å². The second-order valence-corrected chi connectivity index (χ2v) is 8.15. The Kier molecular flexibility index (Phi) is 3.96. The van der Waals surface area contributed by atoms with E-state index in [2.05, 4.69) is 25.8 Å². The molecule has 3 aromatic rings. The number of pyridine rings is 1.